The van der Waals surface area contributed by atoms with Gasteiger partial charge in [-0.2, -0.15) is 0 Å². The second kappa shape index (κ2) is 9.39. The van der Waals surface area contributed by atoms with Crippen LogP contribution in [-0.2, 0) is 11.3 Å². The van der Waals surface area contributed by atoms with Crippen molar-refractivity contribution in [2.24, 2.45) is 4.99 Å². The van der Waals surface area contributed by atoms with Crippen LogP contribution in [0.5, 0.6) is 0 Å². The molecule has 3 rings (SSSR count). The maximum Gasteiger partial charge on any atom is 0.254 e. The van der Waals surface area contributed by atoms with Crippen LogP contribution in [0.1, 0.15) is 48.0 Å². The predicted molar refractivity (Wildman–Crippen MR) is 106 cm³/mol. The van der Waals surface area contributed by atoms with Gasteiger partial charge in [0.2, 0.25) is 5.91 Å². The number of amides is 2. The topological polar surface area (TPSA) is 85.8 Å². The van der Waals surface area contributed by atoms with Crippen LogP contribution in [-0.4, -0.2) is 55.4 Å². The molecule has 7 nitrogen and oxygen atoms in total. The second-order valence-electron chi connectivity index (χ2n) is 7.18. The van der Waals surface area contributed by atoms with E-state index in [-0.39, 0.29) is 18.4 Å². The summed E-state index contributed by atoms with van der Waals surface area (Å²) in [6.45, 7) is 1.84. The molecular weight excluding hydrogens is 342 g/mol. The first kappa shape index (κ1) is 19.2. The number of rotatable bonds is 4. The van der Waals surface area contributed by atoms with Crippen molar-refractivity contribution in [1.82, 2.24) is 20.9 Å². The summed E-state index contributed by atoms with van der Waals surface area (Å²) < 4.78 is 0. The standard InChI is InChI=1S/C20H29N5O2/c1-21-20(24-17-5-3-2-4-6-17)23-13-15-7-9-16(10-8-15)19(27)25-12-11-22-18(26)14-25/h7-10,17H,2-6,11-14H2,1H3,(H,22,26)(H2,21,23,24). The molecule has 0 unspecified atom stereocenters. The number of carbonyl (C=O) groups is 2. The van der Waals surface area contributed by atoms with Crippen LogP contribution in [0.2, 0.25) is 0 Å². The van der Waals surface area contributed by atoms with E-state index in [0.29, 0.717) is 31.2 Å². The summed E-state index contributed by atoms with van der Waals surface area (Å²) in [5.74, 6) is 0.618. The Morgan fingerprint density at radius 2 is 1.96 bits per heavy atom. The highest BCUT2D eigenvalue weighted by Gasteiger charge is 2.22. The SMILES string of the molecule is CN=C(NCc1ccc(C(=O)N2CCNC(=O)C2)cc1)NC1CCCCC1. The fourth-order valence-corrected chi connectivity index (χ4v) is 3.58. The number of nitrogens with zero attached hydrogens (tertiary/aromatic N) is 2. The minimum absolute atomic E-state index is 0.0980. The van der Waals surface area contributed by atoms with Crippen LogP contribution in [0, 0.1) is 0 Å². The highest BCUT2D eigenvalue weighted by molar-refractivity contribution is 5.97. The number of piperazine rings is 1. The van der Waals surface area contributed by atoms with Crippen LogP contribution in [0.15, 0.2) is 29.3 Å². The third kappa shape index (κ3) is 5.45. The Labute approximate surface area is 160 Å². The lowest BCUT2D eigenvalue weighted by Gasteiger charge is -2.26. The number of hydrogen-bond acceptors (Lipinski definition) is 3. The lowest BCUT2D eigenvalue weighted by molar-refractivity contribution is -0.123. The fraction of sp³-hybridized carbons (Fsp3) is 0.550. The number of carbonyl (C=O) groups excluding carboxylic acids is 2. The first-order chi connectivity index (χ1) is 13.2. The summed E-state index contributed by atoms with van der Waals surface area (Å²) in [4.78, 5) is 29.8. The molecule has 7 heteroatoms. The van der Waals surface area contributed by atoms with Crippen molar-refractivity contribution in [2.45, 2.75) is 44.7 Å². The third-order valence-electron chi connectivity index (χ3n) is 5.16. The van der Waals surface area contributed by atoms with E-state index in [4.69, 9.17) is 0 Å². The van der Waals surface area contributed by atoms with E-state index >= 15 is 0 Å². The molecule has 1 aliphatic carbocycles. The Kier molecular flexibility index (Phi) is 6.68. The zero-order valence-electron chi connectivity index (χ0n) is 16.0. The summed E-state index contributed by atoms with van der Waals surface area (Å²) in [6, 6.07) is 8.04. The van der Waals surface area contributed by atoms with Crippen molar-refractivity contribution >= 4 is 17.8 Å². The maximum atomic E-state index is 12.5. The molecule has 1 saturated heterocycles. The molecule has 0 atom stereocenters. The van der Waals surface area contributed by atoms with Gasteiger partial charge in [0, 0.05) is 38.3 Å². The second-order valence-corrected chi connectivity index (χ2v) is 7.18. The third-order valence-corrected chi connectivity index (χ3v) is 5.16. The van der Waals surface area contributed by atoms with E-state index in [1.807, 2.05) is 24.3 Å². The Hall–Kier alpha value is -2.57. The predicted octanol–water partition coefficient (Wildman–Crippen LogP) is 1.26. The largest absolute Gasteiger partial charge is 0.354 e. The minimum Gasteiger partial charge on any atom is -0.354 e. The normalized spacial score (nSPS) is 18.8. The molecule has 146 valence electrons. The van der Waals surface area contributed by atoms with Crippen LogP contribution in [0.25, 0.3) is 0 Å². The van der Waals surface area contributed by atoms with Crippen molar-refractivity contribution in [3.63, 3.8) is 0 Å². The maximum absolute atomic E-state index is 12.5. The first-order valence-electron chi connectivity index (χ1n) is 9.78. The van der Waals surface area contributed by atoms with Gasteiger partial charge in [-0.05, 0) is 30.5 Å². The van der Waals surface area contributed by atoms with E-state index < -0.39 is 0 Å². The highest BCUT2D eigenvalue weighted by atomic mass is 16.2. The number of hydrogen-bond donors (Lipinski definition) is 3. The molecule has 1 aromatic carbocycles. The van der Waals surface area contributed by atoms with Crippen molar-refractivity contribution < 1.29 is 9.59 Å². The molecule has 1 saturated carbocycles. The summed E-state index contributed by atoms with van der Waals surface area (Å²) in [6.07, 6.45) is 6.29. The van der Waals surface area contributed by atoms with Gasteiger partial charge in [0.15, 0.2) is 5.96 Å². The van der Waals surface area contributed by atoms with Crippen LogP contribution in [0.4, 0.5) is 0 Å². The molecule has 1 aliphatic heterocycles. The van der Waals surface area contributed by atoms with E-state index in [1.54, 1.807) is 11.9 Å². The quantitative estimate of drug-likeness (QED) is 0.549. The number of nitrogens with one attached hydrogen (secondary N) is 3. The van der Waals surface area contributed by atoms with Gasteiger partial charge >= 0.3 is 0 Å². The zero-order chi connectivity index (χ0) is 19.1. The molecule has 3 N–H and O–H groups in total. The molecule has 1 heterocycles. The summed E-state index contributed by atoms with van der Waals surface area (Å²) in [7, 11) is 1.79. The van der Waals surface area contributed by atoms with Crippen molar-refractivity contribution in [3.8, 4) is 0 Å². The Balaban J connectivity index is 1.50. The van der Waals surface area contributed by atoms with Gasteiger partial charge in [-0.1, -0.05) is 31.4 Å². The van der Waals surface area contributed by atoms with E-state index in [2.05, 4.69) is 20.9 Å². The molecular formula is C20H29N5O2. The molecule has 2 fully saturated rings. The fourth-order valence-electron chi connectivity index (χ4n) is 3.58. The molecule has 0 bridgehead atoms. The Morgan fingerprint density at radius 3 is 2.63 bits per heavy atom. The Bertz CT molecular complexity index is 680. The highest BCUT2D eigenvalue weighted by Crippen LogP contribution is 2.17. The molecule has 27 heavy (non-hydrogen) atoms. The van der Waals surface area contributed by atoms with Gasteiger partial charge in [-0.3, -0.25) is 14.6 Å². The van der Waals surface area contributed by atoms with Gasteiger partial charge in [0.05, 0.1) is 6.54 Å². The summed E-state index contributed by atoms with van der Waals surface area (Å²) in [5.41, 5.74) is 1.69. The molecule has 2 amide bonds. The van der Waals surface area contributed by atoms with Gasteiger partial charge in [0.1, 0.15) is 0 Å². The molecule has 1 aromatic rings. The monoisotopic (exact) mass is 371 g/mol. The molecule has 2 aliphatic rings. The summed E-state index contributed by atoms with van der Waals surface area (Å²) in [5, 5.41) is 9.57. The van der Waals surface area contributed by atoms with Gasteiger partial charge < -0.3 is 20.9 Å². The van der Waals surface area contributed by atoms with Crippen LogP contribution >= 0.6 is 0 Å². The lowest BCUT2D eigenvalue weighted by Crippen LogP contribution is -2.49. The van der Waals surface area contributed by atoms with Crippen LogP contribution in [0.3, 0.4) is 0 Å². The van der Waals surface area contributed by atoms with Gasteiger partial charge in [0.25, 0.3) is 5.91 Å². The number of benzene rings is 1. The number of guanidine groups is 1. The van der Waals surface area contributed by atoms with E-state index in [0.717, 1.165) is 11.5 Å². The van der Waals surface area contributed by atoms with Gasteiger partial charge in [-0.25, -0.2) is 0 Å². The average Bonchev–Trinajstić information content (AvgIpc) is 2.71. The number of aliphatic imine (C=N–C) groups is 1. The van der Waals surface area contributed by atoms with Crippen molar-refractivity contribution in [1.29, 1.82) is 0 Å². The van der Waals surface area contributed by atoms with Gasteiger partial charge in [-0.15, -0.1) is 0 Å². The average molecular weight is 371 g/mol. The van der Waals surface area contributed by atoms with E-state index in [1.165, 1.54) is 32.1 Å². The molecule has 0 aromatic heterocycles. The smallest absolute Gasteiger partial charge is 0.254 e. The van der Waals surface area contributed by atoms with E-state index in [9.17, 15) is 9.59 Å². The molecule has 0 radical (unpaired) electrons. The first-order valence-corrected chi connectivity index (χ1v) is 9.78. The lowest BCUT2D eigenvalue weighted by atomic mass is 9.96. The van der Waals surface area contributed by atoms with Crippen LogP contribution < -0.4 is 16.0 Å². The van der Waals surface area contributed by atoms with Crippen molar-refractivity contribution in [2.75, 3.05) is 26.7 Å². The Morgan fingerprint density at radius 1 is 1.22 bits per heavy atom. The summed E-state index contributed by atoms with van der Waals surface area (Å²) >= 11 is 0. The zero-order valence-corrected chi connectivity index (χ0v) is 16.0. The molecule has 0 spiro atoms. The minimum atomic E-state index is -0.104. The van der Waals surface area contributed by atoms with Crippen molar-refractivity contribution in [3.05, 3.63) is 35.4 Å².